The van der Waals surface area contributed by atoms with Gasteiger partial charge in [0.25, 0.3) is 0 Å². The fraction of sp³-hybridized carbons (Fsp3) is 0.235. The minimum absolute atomic E-state index is 0.271. The highest BCUT2D eigenvalue weighted by molar-refractivity contribution is 9.09. The van der Waals surface area contributed by atoms with Crippen LogP contribution >= 0.6 is 15.9 Å². The summed E-state index contributed by atoms with van der Waals surface area (Å²) in [6.45, 7) is 2.21. The topological polar surface area (TPSA) is 26.3 Å². The maximum absolute atomic E-state index is 11.6. The van der Waals surface area contributed by atoms with E-state index in [1.165, 1.54) is 11.1 Å². The molecule has 104 valence electrons. The molecule has 0 saturated heterocycles. The SMILES string of the molecule is CCOC(=O)c1ccc(-c2ccccc2CCBr)cc1. The van der Waals surface area contributed by atoms with Gasteiger partial charge >= 0.3 is 5.97 Å². The Hall–Kier alpha value is -1.61. The number of carbonyl (C=O) groups is 1. The Labute approximate surface area is 127 Å². The first-order chi connectivity index (χ1) is 9.76. The van der Waals surface area contributed by atoms with E-state index in [4.69, 9.17) is 4.74 Å². The van der Waals surface area contributed by atoms with Crippen LogP contribution in [-0.2, 0) is 11.2 Å². The lowest BCUT2D eigenvalue weighted by Crippen LogP contribution is -2.04. The molecule has 3 heteroatoms. The molecule has 0 unspecified atom stereocenters. The molecular formula is C17H17BrO2. The van der Waals surface area contributed by atoms with Crippen LogP contribution in [0.15, 0.2) is 48.5 Å². The smallest absolute Gasteiger partial charge is 0.338 e. The van der Waals surface area contributed by atoms with Crippen LogP contribution in [0.1, 0.15) is 22.8 Å². The van der Waals surface area contributed by atoms with E-state index >= 15 is 0 Å². The predicted octanol–water partition coefficient (Wildman–Crippen LogP) is 4.47. The minimum Gasteiger partial charge on any atom is -0.462 e. The second-order valence-corrected chi connectivity index (χ2v) is 5.19. The molecule has 0 spiro atoms. The van der Waals surface area contributed by atoms with Crippen molar-refractivity contribution in [2.45, 2.75) is 13.3 Å². The summed E-state index contributed by atoms with van der Waals surface area (Å²) in [5.41, 5.74) is 4.22. The number of halogens is 1. The molecule has 0 saturated carbocycles. The fourth-order valence-corrected chi connectivity index (χ4v) is 2.55. The maximum Gasteiger partial charge on any atom is 0.338 e. The average Bonchev–Trinajstić information content (AvgIpc) is 2.49. The Morgan fingerprint density at radius 3 is 2.45 bits per heavy atom. The van der Waals surface area contributed by atoms with Gasteiger partial charge in [-0.2, -0.15) is 0 Å². The number of ether oxygens (including phenoxy) is 1. The minimum atomic E-state index is -0.271. The largest absolute Gasteiger partial charge is 0.462 e. The molecule has 0 aliphatic carbocycles. The van der Waals surface area contributed by atoms with E-state index in [0.717, 1.165) is 17.3 Å². The van der Waals surface area contributed by atoms with Crippen LogP contribution in [0.25, 0.3) is 11.1 Å². The Bertz CT molecular complexity index is 576. The summed E-state index contributed by atoms with van der Waals surface area (Å²) in [5.74, 6) is -0.271. The summed E-state index contributed by atoms with van der Waals surface area (Å²) < 4.78 is 4.99. The van der Waals surface area contributed by atoms with Crippen LogP contribution in [0.4, 0.5) is 0 Å². The van der Waals surface area contributed by atoms with E-state index in [1.54, 1.807) is 0 Å². The molecule has 0 aromatic heterocycles. The van der Waals surface area contributed by atoms with Crippen molar-refractivity contribution in [3.8, 4) is 11.1 Å². The first-order valence-corrected chi connectivity index (χ1v) is 7.80. The van der Waals surface area contributed by atoms with Crippen molar-refractivity contribution in [3.63, 3.8) is 0 Å². The highest BCUT2D eigenvalue weighted by Crippen LogP contribution is 2.25. The van der Waals surface area contributed by atoms with Gasteiger partial charge in [0, 0.05) is 5.33 Å². The third-order valence-corrected chi connectivity index (χ3v) is 3.48. The van der Waals surface area contributed by atoms with Crippen molar-refractivity contribution < 1.29 is 9.53 Å². The summed E-state index contributed by atoms with van der Waals surface area (Å²) >= 11 is 3.48. The van der Waals surface area contributed by atoms with Gasteiger partial charge in [-0.1, -0.05) is 52.3 Å². The second kappa shape index (κ2) is 7.25. The van der Waals surface area contributed by atoms with Crippen molar-refractivity contribution in [1.82, 2.24) is 0 Å². The zero-order chi connectivity index (χ0) is 14.4. The molecule has 0 aliphatic rings. The van der Waals surface area contributed by atoms with Gasteiger partial charge in [-0.3, -0.25) is 0 Å². The van der Waals surface area contributed by atoms with Crippen LogP contribution < -0.4 is 0 Å². The Kier molecular flexibility index (Phi) is 5.36. The number of aryl methyl sites for hydroxylation is 1. The maximum atomic E-state index is 11.6. The second-order valence-electron chi connectivity index (χ2n) is 4.39. The van der Waals surface area contributed by atoms with Crippen molar-refractivity contribution in [1.29, 1.82) is 0 Å². The third kappa shape index (κ3) is 3.48. The summed E-state index contributed by atoms with van der Waals surface area (Å²) in [5, 5.41) is 0.935. The molecule has 0 amide bonds. The number of esters is 1. The van der Waals surface area contributed by atoms with Crippen LogP contribution in [-0.4, -0.2) is 17.9 Å². The highest BCUT2D eigenvalue weighted by Gasteiger charge is 2.08. The van der Waals surface area contributed by atoms with Gasteiger partial charge < -0.3 is 4.74 Å². The highest BCUT2D eigenvalue weighted by atomic mass is 79.9. The number of carbonyl (C=O) groups excluding carboxylic acids is 1. The van der Waals surface area contributed by atoms with Gasteiger partial charge in [0.1, 0.15) is 0 Å². The molecule has 0 atom stereocenters. The number of benzene rings is 2. The van der Waals surface area contributed by atoms with Gasteiger partial charge in [0.2, 0.25) is 0 Å². The van der Waals surface area contributed by atoms with Gasteiger partial charge in [-0.25, -0.2) is 4.79 Å². The Balaban J connectivity index is 2.28. The van der Waals surface area contributed by atoms with Crippen LogP contribution in [0, 0.1) is 0 Å². The average molecular weight is 333 g/mol. The molecule has 2 rings (SSSR count). The van der Waals surface area contributed by atoms with Crippen molar-refractivity contribution in [2.75, 3.05) is 11.9 Å². The summed E-state index contributed by atoms with van der Waals surface area (Å²) in [6, 6.07) is 15.9. The molecule has 2 aromatic rings. The van der Waals surface area contributed by atoms with Gasteiger partial charge in [0.15, 0.2) is 0 Å². The van der Waals surface area contributed by atoms with E-state index in [-0.39, 0.29) is 5.97 Å². The number of hydrogen-bond donors (Lipinski definition) is 0. The zero-order valence-electron chi connectivity index (χ0n) is 11.4. The van der Waals surface area contributed by atoms with E-state index in [1.807, 2.05) is 37.3 Å². The fourth-order valence-electron chi connectivity index (χ4n) is 2.12. The van der Waals surface area contributed by atoms with Crippen molar-refractivity contribution >= 4 is 21.9 Å². The molecule has 0 heterocycles. The van der Waals surface area contributed by atoms with Crippen LogP contribution in [0.2, 0.25) is 0 Å². The Morgan fingerprint density at radius 2 is 1.80 bits per heavy atom. The first kappa shape index (κ1) is 14.8. The van der Waals surface area contributed by atoms with Crippen molar-refractivity contribution in [2.24, 2.45) is 0 Å². The predicted molar refractivity (Wildman–Crippen MR) is 85.3 cm³/mol. The van der Waals surface area contributed by atoms with Crippen LogP contribution in [0.3, 0.4) is 0 Å². The lowest BCUT2D eigenvalue weighted by Gasteiger charge is -2.09. The normalized spacial score (nSPS) is 10.3. The van der Waals surface area contributed by atoms with Gasteiger partial charge in [-0.15, -0.1) is 0 Å². The first-order valence-electron chi connectivity index (χ1n) is 6.67. The number of alkyl halides is 1. The van der Waals surface area contributed by atoms with E-state index in [2.05, 4.69) is 34.1 Å². The van der Waals surface area contributed by atoms with Gasteiger partial charge in [0.05, 0.1) is 12.2 Å². The molecular weight excluding hydrogens is 316 g/mol. The van der Waals surface area contributed by atoms with Crippen LogP contribution in [0.5, 0.6) is 0 Å². The standard InChI is InChI=1S/C17H17BrO2/c1-2-20-17(19)15-9-7-14(8-10-15)16-6-4-3-5-13(16)11-12-18/h3-10H,2,11-12H2,1H3. The van der Waals surface area contributed by atoms with E-state index < -0.39 is 0 Å². The van der Waals surface area contributed by atoms with Gasteiger partial charge in [-0.05, 0) is 42.2 Å². The third-order valence-electron chi connectivity index (χ3n) is 3.09. The molecule has 2 aromatic carbocycles. The Morgan fingerprint density at radius 1 is 1.10 bits per heavy atom. The summed E-state index contributed by atoms with van der Waals surface area (Å²) in [6.07, 6.45) is 0.982. The quantitative estimate of drug-likeness (QED) is 0.596. The molecule has 20 heavy (non-hydrogen) atoms. The molecule has 0 N–H and O–H groups in total. The lowest BCUT2D eigenvalue weighted by molar-refractivity contribution is 0.0526. The monoisotopic (exact) mass is 332 g/mol. The summed E-state index contributed by atoms with van der Waals surface area (Å²) in [7, 11) is 0. The van der Waals surface area contributed by atoms with E-state index in [9.17, 15) is 4.79 Å². The number of rotatable bonds is 5. The summed E-state index contributed by atoms with van der Waals surface area (Å²) in [4.78, 5) is 11.6. The zero-order valence-corrected chi connectivity index (χ0v) is 13.0. The molecule has 0 aliphatic heterocycles. The lowest BCUT2D eigenvalue weighted by atomic mass is 9.97. The molecule has 2 nitrogen and oxygen atoms in total. The molecule has 0 fully saturated rings. The molecule has 0 radical (unpaired) electrons. The van der Waals surface area contributed by atoms with E-state index in [0.29, 0.717) is 12.2 Å². The van der Waals surface area contributed by atoms with Crippen molar-refractivity contribution in [3.05, 3.63) is 59.7 Å². The number of hydrogen-bond acceptors (Lipinski definition) is 2. The molecule has 0 bridgehead atoms.